The van der Waals surface area contributed by atoms with E-state index in [9.17, 15) is 9.18 Å². The van der Waals surface area contributed by atoms with E-state index in [4.69, 9.17) is 5.73 Å². The Kier molecular flexibility index (Phi) is 3.93. The van der Waals surface area contributed by atoms with Gasteiger partial charge in [-0.15, -0.1) is 0 Å². The quantitative estimate of drug-likeness (QED) is 0.704. The smallest absolute Gasteiger partial charge is 0.239 e. The zero-order chi connectivity index (χ0) is 13.1. The lowest BCUT2D eigenvalue weighted by atomic mass is 10.1. The van der Waals surface area contributed by atoms with Crippen molar-refractivity contribution >= 4 is 17.3 Å². The summed E-state index contributed by atoms with van der Waals surface area (Å²) in [6.45, 7) is 5.73. The zero-order valence-electron chi connectivity index (χ0n) is 10.3. The Bertz CT molecular complexity index is 413. The summed E-state index contributed by atoms with van der Waals surface area (Å²) in [7, 11) is 0. The van der Waals surface area contributed by atoms with E-state index in [1.807, 2.05) is 20.8 Å². The number of hydrogen-bond donors (Lipinski definition) is 3. The molecule has 0 aliphatic heterocycles. The molecule has 0 aliphatic rings. The fraction of sp³-hybridized carbons (Fsp3) is 0.417. The highest BCUT2D eigenvalue weighted by Gasteiger charge is 2.13. The van der Waals surface area contributed by atoms with Gasteiger partial charge in [0.15, 0.2) is 0 Å². The Morgan fingerprint density at radius 1 is 1.41 bits per heavy atom. The van der Waals surface area contributed by atoms with Crippen molar-refractivity contribution < 1.29 is 9.18 Å². The van der Waals surface area contributed by atoms with Gasteiger partial charge >= 0.3 is 0 Å². The van der Waals surface area contributed by atoms with E-state index in [0.717, 1.165) is 0 Å². The average molecular weight is 239 g/mol. The van der Waals surface area contributed by atoms with Gasteiger partial charge in [-0.1, -0.05) is 0 Å². The standard InChI is InChI=1S/C12H18FN3O/c1-12(2,3)16-11(17)7-15-10-6-8(13)4-5-9(10)14/h4-6,15H,7,14H2,1-3H3,(H,16,17). The van der Waals surface area contributed by atoms with Crippen molar-refractivity contribution in [2.24, 2.45) is 0 Å². The number of benzene rings is 1. The van der Waals surface area contributed by atoms with Crippen LogP contribution in [0.25, 0.3) is 0 Å². The number of halogens is 1. The monoisotopic (exact) mass is 239 g/mol. The predicted octanol–water partition coefficient (Wildman–Crippen LogP) is 1.73. The number of nitrogens with two attached hydrogens (primary N) is 1. The maximum absolute atomic E-state index is 12.9. The van der Waals surface area contributed by atoms with Gasteiger partial charge in [-0.2, -0.15) is 0 Å². The van der Waals surface area contributed by atoms with Gasteiger partial charge in [0.2, 0.25) is 5.91 Å². The predicted molar refractivity (Wildman–Crippen MR) is 67.2 cm³/mol. The Labute approximate surface area is 100 Å². The Morgan fingerprint density at radius 3 is 2.65 bits per heavy atom. The number of carbonyl (C=O) groups is 1. The largest absolute Gasteiger partial charge is 0.397 e. The highest BCUT2D eigenvalue weighted by molar-refractivity contribution is 5.82. The molecule has 0 aliphatic carbocycles. The van der Waals surface area contributed by atoms with E-state index in [0.29, 0.717) is 11.4 Å². The van der Waals surface area contributed by atoms with Crippen LogP contribution in [0.4, 0.5) is 15.8 Å². The van der Waals surface area contributed by atoms with Gasteiger partial charge in [-0.05, 0) is 39.0 Å². The third-order valence-electron chi connectivity index (χ3n) is 1.97. The number of rotatable bonds is 3. The Hall–Kier alpha value is -1.78. The van der Waals surface area contributed by atoms with Crippen molar-refractivity contribution in [2.45, 2.75) is 26.3 Å². The molecular weight excluding hydrogens is 221 g/mol. The number of nitrogens with one attached hydrogen (secondary N) is 2. The summed E-state index contributed by atoms with van der Waals surface area (Å²) in [6, 6.07) is 3.99. The van der Waals surface area contributed by atoms with E-state index in [1.54, 1.807) is 0 Å². The van der Waals surface area contributed by atoms with Crippen molar-refractivity contribution in [3.05, 3.63) is 24.0 Å². The molecule has 4 nitrogen and oxygen atoms in total. The molecule has 1 aromatic carbocycles. The fourth-order valence-corrected chi connectivity index (χ4v) is 1.32. The molecule has 0 fully saturated rings. The maximum atomic E-state index is 12.9. The third kappa shape index (κ3) is 4.72. The van der Waals surface area contributed by atoms with E-state index in [1.165, 1.54) is 18.2 Å². The van der Waals surface area contributed by atoms with E-state index < -0.39 is 5.82 Å². The molecule has 0 bridgehead atoms. The van der Waals surface area contributed by atoms with Gasteiger partial charge in [-0.25, -0.2) is 4.39 Å². The molecule has 0 aromatic heterocycles. The Morgan fingerprint density at radius 2 is 2.06 bits per heavy atom. The Balaban J connectivity index is 2.56. The second kappa shape index (κ2) is 5.03. The van der Waals surface area contributed by atoms with Gasteiger partial charge in [-0.3, -0.25) is 4.79 Å². The highest BCUT2D eigenvalue weighted by atomic mass is 19.1. The topological polar surface area (TPSA) is 67.2 Å². The first-order valence-corrected chi connectivity index (χ1v) is 5.38. The second-order valence-corrected chi connectivity index (χ2v) is 4.88. The molecule has 0 saturated carbocycles. The van der Waals surface area contributed by atoms with Crippen molar-refractivity contribution in [2.75, 3.05) is 17.6 Å². The summed E-state index contributed by atoms with van der Waals surface area (Å²) in [6.07, 6.45) is 0. The summed E-state index contributed by atoms with van der Waals surface area (Å²) < 4.78 is 12.9. The SMILES string of the molecule is CC(C)(C)NC(=O)CNc1cc(F)ccc1N. The van der Waals surface area contributed by atoms with Crippen LogP contribution in [0.5, 0.6) is 0 Å². The number of nitrogen functional groups attached to an aromatic ring is 1. The van der Waals surface area contributed by atoms with Crippen molar-refractivity contribution in [3.8, 4) is 0 Å². The molecule has 0 unspecified atom stereocenters. The first kappa shape index (κ1) is 13.3. The normalized spacial score (nSPS) is 11.1. The molecule has 1 rings (SSSR count). The van der Waals surface area contributed by atoms with Crippen LogP contribution in [0.15, 0.2) is 18.2 Å². The third-order valence-corrected chi connectivity index (χ3v) is 1.97. The molecule has 0 atom stereocenters. The first-order chi connectivity index (χ1) is 7.78. The van der Waals surface area contributed by atoms with Crippen molar-refractivity contribution in [1.82, 2.24) is 5.32 Å². The summed E-state index contributed by atoms with van der Waals surface area (Å²) in [5.74, 6) is -0.556. The van der Waals surface area contributed by atoms with Crippen LogP contribution in [0.1, 0.15) is 20.8 Å². The molecule has 4 N–H and O–H groups in total. The molecule has 5 heteroatoms. The minimum absolute atomic E-state index is 0.0604. The molecule has 1 amide bonds. The van der Waals surface area contributed by atoms with Gasteiger partial charge in [0.05, 0.1) is 17.9 Å². The van der Waals surface area contributed by atoms with Crippen LogP contribution < -0.4 is 16.4 Å². The van der Waals surface area contributed by atoms with Crippen LogP contribution in [0.2, 0.25) is 0 Å². The lowest BCUT2D eigenvalue weighted by Gasteiger charge is -2.21. The molecule has 17 heavy (non-hydrogen) atoms. The molecular formula is C12H18FN3O. The second-order valence-electron chi connectivity index (χ2n) is 4.88. The number of hydrogen-bond acceptors (Lipinski definition) is 3. The zero-order valence-corrected chi connectivity index (χ0v) is 10.3. The van der Waals surface area contributed by atoms with Crippen LogP contribution in [-0.4, -0.2) is 18.0 Å². The van der Waals surface area contributed by atoms with E-state index in [2.05, 4.69) is 10.6 Å². The van der Waals surface area contributed by atoms with Gasteiger partial charge in [0.1, 0.15) is 5.82 Å². The number of anilines is 2. The average Bonchev–Trinajstić information content (AvgIpc) is 2.17. The molecule has 0 spiro atoms. The van der Waals surface area contributed by atoms with Crippen LogP contribution in [0.3, 0.4) is 0 Å². The van der Waals surface area contributed by atoms with Gasteiger partial charge < -0.3 is 16.4 Å². The molecule has 1 aromatic rings. The van der Waals surface area contributed by atoms with Gasteiger partial charge in [0.25, 0.3) is 0 Å². The summed E-state index contributed by atoms with van der Waals surface area (Å²) >= 11 is 0. The highest BCUT2D eigenvalue weighted by Crippen LogP contribution is 2.18. The number of amides is 1. The van der Waals surface area contributed by atoms with Gasteiger partial charge in [0, 0.05) is 5.54 Å². The summed E-state index contributed by atoms with van der Waals surface area (Å²) in [5.41, 5.74) is 6.19. The minimum Gasteiger partial charge on any atom is -0.397 e. The van der Waals surface area contributed by atoms with Crippen LogP contribution in [-0.2, 0) is 4.79 Å². The lowest BCUT2D eigenvalue weighted by Crippen LogP contribution is -2.43. The number of carbonyl (C=O) groups excluding carboxylic acids is 1. The fourth-order valence-electron chi connectivity index (χ4n) is 1.32. The van der Waals surface area contributed by atoms with E-state index >= 15 is 0 Å². The molecule has 0 radical (unpaired) electrons. The van der Waals surface area contributed by atoms with Crippen LogP contribution in [0, 0.1) is 5.82 Å². The van der Waals surface area contributed by atoms with Crippen molar-refractivity contribution in [1.29, 1.82) is 0 Å². The minimum atomic E-state index is -0.391. The summed E-state index contributed by atoms with van der Waals surface area (Å²) in [4.78, 5) is 11.5. The summed E-state index contributed by atoms with van der Waals surface area (Å²) in [5, 5.41) is 5.59. The molecule has 94 valence electrons. The first-order valence-electron chi connectivity index (χ1n) is 5.38. The van der Waals surface area contributed by atoms with Crippen molar-refractivity contribution in [3.63, 3.8) is 0 Å². The maximum Gasteiger partial charge on any atom is 0.239 e. The lowest BCUT2D eigenvalue weighted by molar-refractivity contribution is -0.120. The van der Waals surface area contributed by atoms with E-state index in [-0.39, 0.29) is 18.0 Å². The molecule has 0 heterocycles. The molecule has 0 saturated heterocycles. The van der Waals surface area contributed by atoms with Crippen LogP contribution >= 0.6 is 0 Å².